The van der Waals surface area contributed by atoms with Crippen molar-refractivity contribution >= 4 is 29.6 Å². The van der Waals surface area contributed by atoms with Crippen molar-refractivity contribution in [1.82, 2.24) is 10.2 Å². The fourth-order valence-corrected chi connectivity index (χ4v) is 3.69. The minimum absolute atomic E-state index is 0.201. The molecule has 1 N–H and O–H groups in total. The minimum Gasteiger partial charge on any atom is -0.464 e. The molecule has 0 spiro atoms. The number of hydrogen-bond acceptors (Lipinski definition) is 6. The summed E-state index contributed by atoms with van der Waals surface area (Å²) in [7, 11) is 1.47. The third-order valence-corrected chi connectivity index (χ3v) is 5.64. The summed E-state index contributed by atoms with van der Waals surface area (Å²) >= 11 is 0. The monoisotopic (exact) mass is 475 g/mol. The third-order valence-electron chi connectivity index (χ3n) is 5.64. The molecule has 188 valence electrons. The number of carbonyl (C=O) groups is 4. The first-order valence-electron chi connectivity index (χ1n) is 11.6. The molecule has 0 saturated heterocycles. The molecule has 1 aromatic carbocycles. The van der Waals surface area contributed by atoms with Crippen molar-refractivity contribution < 1.29 is 28.7 Å². The summed E-state index contributed by atoms with van der Waals surface area (Å²) < 4.78 is 10.6. The largest absolute Gasteiger partial charge is 0.464 e. The molecule has 0 fully saturated rings. The maximum atomic E-state index is 13.7. The Bertz CT molecular complexity index is 923. The van der Waals surface area contributed by atoms with E-state index in [0.29, 0.717) is 12.1 Å². The predicted molar refractivity (Wildman–Crippen MR) is 128 cm³/mol. The Morgan fingerprint density at radius 1 is 1.15 bits per heavy atom. The van der Waals surface area contributed by atoms with Crippen LogP contribution in [0.25, 0.3) is 0 Å². The lowest BCUT2D eigenvalue weighted by Gasteiger charge is -2.32. The fraction of sp³-hybridized carbons (Fsp3) is 0.600. The van der Waals surface area contributed by atoms with E-state index in [4.69, 9.17) is 9.47 Å². The van der Waals surface area contributed by atoms with Gasteiger partial charge in [0.05, 0.1) is 6.61 Å². The third kappa shape index (κ3) is 6.27. The second-order valence-corrected chi connectivity index (χ2v) is 9.81. The van der Waals surface area contributed by atoms with Gasteiger partial charge < -0.3 is 14.8 Å². The number of fused-ring (bicyclic) bond motifs is 1. The van der Waals surface area contributed by atoms with Crippen LogP contribution in [0.4, 0.5) is 10.5 Å². The number of amides is 3. The van der Waals surface area contributed by atoms with E-state index in [9.17, 15) is 19.2 Å². The molecular formula is C25H37N3O6. The molecule has 2 rings (SSSR count). The summed E-state index contributed by atoms with van der Waals surface area (Å²) in [5, 5.41) is 2.78. The Hall–Kier alpha value is -3.10. The molecule has 3 atom stereocenters. The standard InChI is InChI=1S/C25H37N3O6/c1-9-33-23(31)19-14-17-12-10-11-13-18(17)28(19)22(30)20(15(2)3)26-21(29)16(4)27(8)24(32)34-25(5,6)7/h10-13,15-16,19-20H,9,14H2,1-8H3,(H,26,29). The topological polar surface area (TPSA) is 105 Å². The van der Waals surface area contributed by atoms with Crippen LogP contribution in [0.1, 0.15) is 54.0 Å². The number of nitrogens with zero attached hydrogens (tertiary/aromatic N) is 2. The van der Waals surface area contributed by atoms with Crippen LogP contribution in [0.5, 0.6) is 0 Å². The van der Waals surface area contributed by atoms with E-state index in [2.05, 4.69) is 5.32 Å². The molecule has 0 radical (unpaired) electrons. The summed E-state index contributed by atoms with van der Waals surface area (Å²) in [6.07, 6.45) is -0.296. The van der Waals surface area contributed by atoms with Gasteiger partial charge in [-0.25, -0.2) is 9.59 Å². The smallest absolute Gasteiger partial charge is 0.410 e. The average Bonchev–Trinajstić information content (AvgIpc) is 3.14. The summed E-state index contributed by atoms with van der Waals surface area (Å²) in [6.45, 7) is 12.3. The molecule has 1 aliphatic rings. The molecule has 1 aromatic rings. The van der Waals surface area contributed by atoms with Gasteiger partial charge in [0.15, 0.2) is 0 Å². The number of rotatable bonds is 7. The minimum atomic E-state index is -0.912. The number of likely N-dealkylation sites (N-methyl/N-ethyl adjacent to an activating group) is 1. The molecule has 0 saturated carbocycles. The SMILES string of the molecule is CCOC(=O)C1Cc2ccccc2N1C(=O)C(NC(=O)C(C)N(C)C(=O)OC(C)(C)C)C(C)C. The first kappa shape index (κ1) is 27.1. The van der Waals surface area contributed by atoms with Crippen molar-refractivity contribution in [3.63, 3.8) is 0 Å². The summed E-state index contributed by atoms with van der Waals surface area (Å²) in [5.74, 6) is -1.66. The number of benzene rings is 1. The molecule has 0 bridgehead atoms. The number of hydrogen-bond donors (Lipinski definition) is 1. The van der Waals surface area contributed by atoms with Gasteiger partial charge >= 0.3 is 12.1 Å². The quantitative estimate of drug-likeness (QED) is 0.608. The van der Waals surface area contributed by atoms with Gasteiger partial charge in [0.1, 0.15) is 23.7 Å². The Labute approximate surface area is 201 Å². The molecule has 0 aliphatic carbocycles. The lowest BCUT2D eigenvalue weighted by Crippen LogP contribution is -2.58. The van der Waals surface area contributed by atoms with Crippen molar-refractivity contribution in [2.75, 3.05) is 18.6 Å². The molecule has 34 heavy (non-hydrogen) atoms. The van der Waals surface area contributed by atoms with Crippen molar-refractivity contribution in [3.05, 3.63) is 29.8 Å². The number of para-hydroxylation sites is 1. The van der Waals surface area contributed by atoms with Crippen LogP contribution in [0.15, 0.2) is 24.3 Å². The van der Waals surface area contributed by atoms with Crippen molar-refractivity contribution in [2.24, 2.45) is 5.92 Å². The first-order valence-corrected chi connectivity index (χ1v) is 11.6. The molecule has 9 heteroatoms. The first-order chi connectivity index (χ1) is 15.8. The van der Waals surface area contributed by atoms with Crippen molar-refractivity contribution in [1.29, 1.82) is 0 Å². The Balaban J connectivity index is 2.26. The van der Waals surface area contributed by atoms with Gasteiger partial charge in [-0.15, -0.1) is 0 Å². The average molecular weight is 476 g/mol. The van der Waals surface area contributed by atoms with Crippen LogP contribution in [-0.4, -0.2) is 66.2 Å². The zero-order valence-electron chi connectivity index (χ0n) is 21.4. The highest BCUT2D eigenvalue weighted by Gasteiger charge is 2.43. The van der Waals surface area contributed by atoms with Crippen LogP contribution in [0.2, 0.25) is 0 Å². The Morgan fingerprint density at radius 2 is 1.76 bits per heavy atom. The van der Waals surface area contributed by atoms with E-state index >= 15 is 0 Å². The molecule has 1 aliphatic heterocycles. The van der Waals surface area contributed by atoms with Crippen LogP contribution in [-0.2, 0) is 30.3 Å². The van der Waals surface area contributed by atoms with Gasteiger partial charge in [-0.2, -0.15) is 0 Å². The highest BCUT2D eigenvalue weighted by molar-refractivity contribution is 6.06. The van der Waals surface area contributed by atoms with Crippen LogP contribution in [0, 0.1) is 5.92 Å². The molecular weight excluding hydrogens is 438 g/mol. The van der Waals surface area contributed by atoms with Gasteiger partial charge in [-0.05, 0) is 52.2 Å². The Morgan fingerprint density at radius 3 is 2.32 bits per heavy atom. The zero-order chi connectivity index (χ0) is 25.8. The highest BCUT2D eigenvalue weighted by atomic mass is 16.6. The molecule has 1 heterocycles. The number of nitrogens with one attached hydrogen (secondary N) is 1. The predicted octanol–water partition coefficient (Wildman–Crippen LogP) is 2.90. The summed E-state index contributed by atoms with van der Waals surface area (Å²) in [6, 6.07) is 4.71. The van der Waals surface area contributed by atoms with Crippen molar-refractivity contribution in [2.45, 2.75) is 78.6 Å². The van der Waals surface area contributed by atoms with E-state index in [1.165, 1.54) is 16.8 Å². The summed E-state index contributed by atoms with van der Waals surface area (Å²) in [5.41, 5.74) is 0.786. The van der Waals surface area contributed by atoms with E-state index < -0.39 is 47.6 Å². The van der Waals surface area contributed by atoms with Crippen LogP contribution >= 0.6 is 0 Å². The Kier molecular flexibility index (Phi) is 8.69. The van der Waals surface area contributed by atoms with Crippen molar-refractivity contribution in [3.8, 4) is 0 Å². The molecule has 9 nitrogen and oxygen atoms in total. The lowest BCUT2D eigenvalue weighted by molar-refractivity contribution is -0.146. The number of carbonyl (C=O) groups excluding carboxylic acids is 4. The fourth-order valence-electron chi connectivity index (χ4n) is 3.69. The van der Waals surface area contributed by atoms with Crippen LogP contribution in [0.3, 0.4) is 0 Å². The zero-order valence-corrected chi connectivity index (χ0v) is 21.4. The maximum absolute atomic E-state index is 13.7. The van der Waals surface area contributed by atoms with Gasteiger partial charge in [-0.1, -0.05) is 32.0 Å². The van der Waals surface area contributed by atoms with Crippen LogP contribution < -0.4 is 10.2 Å². The van der Waals surface area contributed by atoms with E-state index in [1.807, 2.05) is 26.0 Å². The van der Waals surface area contributed by atoms with Gasteiger partial charge in [0, 0.05) is 19.2 Å². The molecule has 3 unspecified atom stereocenters. The van der Waals surface area contributed by atoms with Gasteiger partial charge in [-0.3, -0.25) is 19.4 Å². The van der Waals surface area contributed by atoms with Gasteiger partial charge in [0.25, 0.3) is 5.91 Å². The van der Waals surface area contributed by atoms with E-state index in [0.717, 1.165) is 5.56 Å². The lowest BCUT2D eigenvalue weighted by atomic mass is 10.0. The van der Waals surface area contributed by atoms with Gasteiger partial charge in [0.2, 0.25) is 5.91 Å². The maximum Gasteiger partial charge on any atom is 0.410 e. The molecule has 3 amide bonds. The normalized spacial score (nSPS) is 17.0. The van der Waals surface area contributed by atoms with E-state index in [-0.39, 0.29) is 12.5 Å². The number of ether oxygens (including phenoxy) is 2. The second kappa shape index (κ2) is 10.9. The second-order valence-electron chi connectivity index (χ2n) is 9.81. The highest BCUT2D eigenvalue weighted by Crippen LogP contribution is 2.33. The number of anilines is 1. The summed E-state index contributed by atoms with van der Waals surface area (Å²) in [4.78, 5) is 54.4. The molecule has 0 aromatic heterocycles. The van der Waals surface area contributed by atoms with E-state index in [1.54, 1.807) is 46.8 Å². The number of esters is 1.